The molecule has 0 saturated carbocycles. The van der Waals surface area contributed by atoms with Crippen molar-refractivity contribution in [1.29, 1.82) is 0 Å². The quantitative estimate of drug-likeness (QED) is 0.350. The first-order valence-electron chi connectivity index (χ1n) is 4.01. The zero-order valence-corrected chi connectivity index (χ0v) is 8.51. The highest BCUT2D eigenvalue weighted by Crippen LogP contribution is 1.92. The fourth-order valence-corrected chi connectivity index (χ4v) is 0.775. The van der Waals surface area contributed by atoms with Gasteiger partial charge in [0.2, 0.25) is 0 Å². The van der Waals surface area contributed by atoms with E-state index in [0.717, 1.165) is 6.42 Å². The molecule has 0 aliphatic heterocycles. The second kappa shape index (κ2) is 8.25. The number of carboxylic acids is 1. The summed E-state index contributed by atoms with van der Waals surface area (Å²) in [5, 5.41) is 11.4. The predicted octanol–water partition coefficient (Wildman–Crippen LogP) is -0.505. The van der Waals surface area contributed by atoms with E-state index < -0.39 is 12.0 Å². The lowest BCUT2D eigenvalue weighted by molar-refractivity contribution is -0.138. The molecule has 6 heteroatoms. The number of aliphatic carboxylic acids is 1. The maximum absolute atomic E-state index is 10.3. The Hall–Kier alpha value is -0.360. The molecule has 0 bridgehead atoms. The molecule has 0 spiro atoms. The molecule has 0 aromatic carbocycles. The van der Waals surface area contributed by atoms with Gasteiger partial charge in [-0.2, -0.15) is 0 Å². The van der Waals surface area contributed by atoms with Gasteiger partial charge >= 0.3 is 5.97 Å². The zero-order valence-electron chi connectivity index (χ0n) is 7.69. The van der Waals surface area contributed by atoms with Crippen LogP contribution in [0.25, 0.3) is 0 Å². The maximum atomic E-state index is 10.3. The second-order valence-corrected chi connectivity index (χ2v) is 2.83. The lowest BCUT2D eigenvalue weighted by Gasteiger charge is -2.09. The molecule has 0 amide bonds. The molecule has 0 rings (SSSR count). The third-order valence-corrected chi connectivity index (χ3v) is 1.48. The van der Waals surface area contributed by atoms with E-state index in [1.807, 2.05) is 6.92 Å². The number of hydrogen-bond acceptors (Lipinski definition) is 4. The second-order valence-electron chi connectivity index (χ2n) is 2.83. The van der Waals surface area contributed by atoms with E-state index in [0.29, 0.717) is 13.0 Å². The van der Waals surface area contributed by atoms with Crippen LogP contribution in [0.2, 0.25) is 0 Å². The summed E-state index contributed by atoms with van der Waals surface area (Å²) in [7, 11) is 0. The average Bonchev–Trinajstić information content (AvgIpc) is 1.97. The monoisotopic (exact) mass is 211 g/mol. The first kappa shape index (κ1) is 15.1. The van der Waals surface area contributed by atoms with Gasteiger partial charge in [0.05, 0.1) is 6.17 Å². The van der Waals surface area contributed by atoms with Crippen LogP contribution in [-0.4, -0.2) is 29.8 Å². The van der Waals surface area contributed by atoms with Crippen LogP contribution >= 0.6 is 12.4 Å². The Morgan fingerprint density at radius 3 is 2.46 bits per heavy atom. The maximum Gasteiger partial charge on any atom is 0.320 e. The van der Waals surface area contributed by atoms with Crippen molar-refractivity contribution in [1.82, 2.24) is 5.32 Å². The van der Waals surface area contributed by atoms with Crippen molar-refractivity contribution in [3.63, 3.8) is 0 Å². The van der Waals surface area contributed by atoms with Crippen molar-refractivity contribution in [2.75, 3.05) is 6.54 Å². The number of rotatable bonds is 6. The van der Waals surface area contributed by atoms with Crippen molar-refractivity contribution in [3.05, 3.63) is 0 Å². The fourth-order valence-electron chi connectivity index (χ4n) is 0.775. The minimum atomic E-state index is -0.948. The molecule has 5 nitrogen and oxygen atoms in total. The highest BCUT2D eigenvalue weighted by Gasteiger charge is 2.09. The van der Waals surface area contributed by atoms with E-state index in [9.17, 15) is 4.79 Å². The van der Waals surface area contributed by atoms with Crippen LogP contribution in [0.5, 0.6) is 0 Å². The van der Waals surface area contributed by atoms with Crippen molar-refractivity contribution >= 4 is 18.4 Å². The van der Waals surface area contributed by atoms with Crippen LogP contribution in [0.15, 0.2) is 0 Å². The van der Waals surface area contributed by atoms with Crippen LogP contribution in [0, 0.1) is 0 Å². The number of halogens is 1. The molecule has 13 heavy (non-hydrogen) atoms. The van der Waals surface area contributed by atoms with Gasteiger partial charge in [-0.25, -0.2) is 0 Å². The molecule has 0 fully saturated rings. The Bertz CT molecular complexity index is 144. The SMILES string of the molecule is CC(N)NCCC[C@@H](N)C(=O)O.Cl. The lowest BCUT2D eigenvalue weighted by Crippen LogP contribution is -2.36. The third kappa shape index (κ3) is 9.55. The number of carbonyl (C=O) groups is 1. The van der Waals surface area contributed by atoms with Crippen LogP contribution in [0.4, 0.5) is 0 Å². The molecular weight excluding hydrogens is 194 g/mol. The van der Waals surface area contributed by atoms with E-state index in [1.54, 1.807) is 0 Å². The van der Waals surface area contributed by atoms with E-state index >= 15 is 0 Å². The fraction of sp³-hybridized carbons (Fsp3) is 0.857. The van der Waals surface area contributed by atoms with Crippen molar-refractivity contribution in [3.8, 4) is 0 Å². The van der Waals surface area contributed by atoms with Gasteiger partial charge in [-0.15, -0.1) is 12.4 Å². The van der Waals surface area contributed by atoms with Gasteiger partial charge < -0.3 is 21.9 Å². The summed E-state index contributed by atoms with van der Waals surface area (Å²) < 4.78 is 0. The van der Waals surface area contributed by atoms with Gasteiger partial charge in [0, 0.05) is 0 Å². The van der Waals surface area contributed by atoms with E-state index in [2.05, 4.69) is 5.32 Å². The lowest BCUT2D eigenvalue weighted by atomic mass is 10.2. The van der Waals surface area contributed by atoms with Crippen molar-refractivity contribution in [2.45, 2.75) is 32.0 Å². The summed E-state index contributed by atoms with van der Waals surface area (Å²) >= 11 is 0. The first-order valence-corrected chi connectivity index (χ1v) is 4.01. The van der Waals surface area contributed by atoms with Crippen molar-refractivity contribution < 1.29 is 9.90 Å². The summed E-state index contributed by atoms with van der Waals surface area (Å²) in [5.41, 5.74) is 10.7. The minimum Gasteiger partial charge on any atom is -0.480 e. The summed E-state index contributed by atoms with van der Waals surface area (Å²) in [4.78, 5) is 10.3. The van der Waals surface area contributed by atoms with Gasteiger partial charge in [0.25, 0.3) is 0 Å². The summed E-state index contributed by atoms with van der Waals surface area (Å²) in [6.45, 7) is 2.54. The Labute approximate surface area is 84.3 Å². The zero-order chi connectivity index (χ0) is 9.56. The molecule has 0 saturated heterocycles. The van der Waals surface area contributed by atoms with E-state index in [1.165, 1.54) is 0 Å². The van der Waals surface area contributed by atoms with Gasteiger partial charge in [-0.05, 0) is 26.3 Å². The van der Waals surface area contributed by atoms with Gasteiger partial charge in [0.1, 0.15) is 6.04 Å². The number of nitrogens with one attached hydrogen (secondary N) is 1. The Morgan fingerprint density at radius 1 is 1.54 bits per heavy atom. The van der Waals surface area contributed by atoms with Crippen LogP contribution in [-0.2, 0) is 4.79 Å². The molecule has 0 heterocycles. The molecule has 0 aliphatic rings. The summed E-state index contributed by atoms with van der Waals surface area (Å²) in [5.74, 6) is -0.948. The minimum absolute atomic E-state index is 0. The number of nitrogens with two attached hydrogens (primary N) is 2. The van der Waals surface area contributed by atoms with Gasteiger partial charge in [-0.1, -0.05) is 0 Å². The Balaban J connectivity index is 0. The van der Waals surface area contributed by atoms with Crippen LogP contribution in [0.3, 0.4) is 0 Å². The molecular formula is C7H18ClN3O2. The summed E-state index contributed by atoms with van der Waals surface area (Å²) in [6.07, 6.45) is 1.16. The first-order chi connectivity index (χ1) is 5.54. The average molecular weight is 212 g/mol. The van der Waals surface area contributed by atoms with Gasteiger partial charge in [-0.3, -0.25) is 4.79 Å². The standard InChI is InChI=1S/C7H17N3O2.ClH/c1-5(8)10-4-2-3-6(9)7(11)12;/h5-6,10H,2-4,8-9H2,1H3,(H,11,12);1H/t5?,6-;/m1./s1. The number of carboxylic acid groups (broad SMARTS) is 1. The summed E-state index contributed by atoms with van der Waals surface area (Å²) in [6, 6.07) is -0.750. The topological polar surface area (TPSA) is 101 Å². The molecule has 0 radical (unpaired) electrons. The van der Waals surface area contributed by atoms with Crippen LogP contribution < -0.4 is 16.8 Å². The Kier molecular flexibility index (Phi) is 9.60. The molecule has 0 aromatic rings. The molecule has 0 aliphatic carbocycles. The largest absolute Gasteiger partial charge is 0.480 e. The van der Waals surface area contributed by atoms with E-state index in [4.69, 9.17) is 16.6 Å². The van der Waals surface area contributed by atoms with Gasteiger partial charge in [0.15, 0.2) is 0 Å². The van der Waals surface area contributed by atoms with Crippen LogP contribution in [0.1, 0.15) is 19.8 Å². The highest BCUT2D eigenvalue weighted by atomic mass is 35.5. The molecule has 2 atom stereocenters. The smallest absolute Gasteiger partial charge is 0.320 e. The number of hydrogen-bond donors (Lipinski definition) is 4. The van der Waals surface area contributed by atoms with E-state index in [-0.39, 0.29) is 18.6 Å². The van der Waals surface area contributed by atoms with Crippen molar-refractivity contribution in [2.24, 2.45) is 11.5 Å². The normalized spacial score (nSPS) is 14.4. The third-order valence-electron chi connectivity index (χ3n) is 1.48. The predicted molar refractivity (Wildman–Crippen MR) is 53.7 cm³/mol. The Morgan fingerprint density at radius 2 is 2.08 bits per heavy atom. The molecule has 80 valence electrons. The molecule has 6 N–H and O–H groups in total. The molecule has 1 unspecified atom stereocenters. The highest BCUT2D eigenvalue weighted by molar-refractivity contribution is 5.85. The molecule has 0 aromatic heterocycles.